The maximum Gasteiger partial charge on any atom is 0.253 e. The van der Waals surface area contributed by atoms with Crippen LogP contribution in [0.15, 0.2) is 48.8 Å². The second-order valence-electron chi connectivity index (χ2n) is 5.69. The van der Waals surface area contributed by atoms with E-state index in [1.54, 1.807) is 29.0 Å². The lowest BCUT2D eigenvalue weighted by Gasteiger charge is -2.05. The molecule has 0 saturated carbocycles. The van der Waals surface area contributed by atoms with Gasteiger partial charge in [-0.05, 0) is 17.7 Å². The van der Waals surface area contributed by atoms with E-state index in [-0.39, 0.29) is 5.91 Å². The lowest BCUT2D eigenvalue weighted by atomic mass is 10.1. The molecular formula is C18H16N6OS. The minimum absolute atomic E-state index is 0.136. The number of hydrogen-bond donors (Lipinski definition) is 1. The molecule has 1 amide bonds. The third kappa shape index (κ3) is 3.18. The maximum absolute atomic E-state index is 12.1. The van der Waals surface area contributed by atoms with Crippen molar-refractivity contribution in [2.75, 3.05) is 0 Å². The number of nitrogens with zero attached hydrogens (tertiary/aromatic N) is 5. The number of benzene rings is 1. The van der Waals surface area contributed by atoms with Gasteiger partial charge in [0.1, 0.15) is 5.01 Å². The molecule has 0 aliphatic rings. The molecule has 3 heterocycles. The second-order valence-corrected chi connectivity index (χ2v) is 6.65. The number of carbonyl (C=O) groups excluding carboxylic acids is 1. The number of hydrogen-bond acceptors (Lipinski definition) is 6. The molecule has 0 aliphatic heterocycles. The van der Waals surface area contributed by atoms with E-state index in [9.17, 15) is 4.79 Å². The standard InChI is InChI=1S/C18H16N6OS/c1-2-15-21-22-18-24(15)23-17(26-18)13-7-5-12(6-8-13)10-20-16(25)14-4-3-9-19-11-14/h3-9,11H,2,10H2,1H3,(H,20,25). The molecule has 3 aromatic heterocycles. The van der Waals surface area contributed by atoms with Crippen LogP contribution in [0.2, 0.25) is 0 Å². The van der Waals surface area contributed by atoms with Gasteiger partial charge in [-0.1, -0.05) is 42.5 Å². The Morgan fingerprint density at radius 1 is 1.19 bits per heavy atom. The van der Waals surface area contributed by atoms with E-state index >= 15 is 0 Å². The molecule has 4 aromatic rings. The summed E-state index contributed by atoms with van der Waals surface area (Å²) in [5.41, 5.74) is 2.59. The Bertz CT molecular complexity index is 1040. The number of aromatic nitrogens is 5. The van der Waals surface area contributed by atoms with Crippen molar-refractivity contribution < 1.29 is 4.79 Å². The van der Waals surface area contributed by atoms with Crippen LogP contribution in [0.4, 0.5) is 0 Å². The molecule has 0 unspecified atom stereocenters. The molecule has 1 N–H and O–H groups in total. The summed E-state index contributed by atoms with van der Waals surface area (Å²) in [6, 6.07) is 11.5. The molecule has 7 nitrogen and oxygen atoms in total. The van der Waals surface area contributed by atoms with Crippen molar-refractivity contribution >= 4 is 22.2 Å². The van der Waals surface area contributed by atoms with Gasteiger partial charge in [0.25, 0.3) is 5.91 Å². The van der Waals surface area contributed by atoms with E-state index in [1.165, 1.54) is 11.3 Å². The highest BCUT2D eigenvalue weighted by Gasteiger charge is 2.12. The van der Waals surface area contributed by atoms with Crippen LogP contribution in [0.1, 0.15) is 28.7 Å². The van der Waals surface area contributed by atoms with Crippen LogP contribution in [-0.2, 0) is 13.0 Å². The Morgan fingerprint density at radius 2 is 2.04 bits per heavy atom. The van der Waals surface area contributed by atoms with E-state index in [0.717, 1.165) is 33.3 Å². The zero-order chi connectivity index (χ0) is 17.9. The fourth-order valence-corrected chi connectivity index (χ4v) is 3.40. The zero-order valence-corrected chi connectivity index (χ0v) is 14.9. The van der Waals surface area contributed by atoms with Gasteiger partial charge in [-0.25, -0.2) is 0 Å². The van der Waals surface area contributed by atoms with Crippen molar-refractivity contribution in [1.29, 1.82) is 0 Å². The topological polar surface area (TPSA) is 85.1 Å². The molecule has 1 aromatic carbocycles. The molecule has 26 heavy (non-hydrogen) atoms. The lowest BCUT2D eigenvalue weighted by molar-refractivity contribution is 0.0950. The quantitative estimate of drug-likeness (QED) is 0.588. The highest BCUT2D eigenvalue weighted by Crippen LogP contribution is 2.25. The Hall–Kier alpha value is -3.13. The van der Waals surface area contributed by atoms with Gasteiger partial charge < -0.3 is 5.32 Å². The highest BCUT2D eigenvalue weighted by atomic mass is 32.1. The van der Waals surface area contributed by atoms with E-state index in [1.807, 2.05) is 31.2 Å². The molecule has 8 heteroatoms. The first-order valence-electron chi connectivity index (χ1n) is 8.23. The molecule has 0 bridgehead atoms. The predicted octanol–water partition coefficient (Wildman–Crippen LogP) is 2.74. The predicted molar refractivity (Wildman–Crippen MR) is 98.9 cm³/mol. The van der Waals surface area contributed by atoms with E-state index in [2.05, 4.69) is 25.6 Å². The summed E-state index contributed by atoms with van der Waals surface area (Å²) in [4.78, 5) is 16.8. The van der Waals surface area contributed by atoms with Gasteiger partial charge in [0.15, 0.2) is 5.82 Å². The average molecular weight is 364 g/mol. The Balaban J connectivity index is 1.46. The van der Waals surface area contributed by atoms with Gasteiger partial charge in [0.2, 0.25) is 4.96 Å². The second kappa shape index (κ2) is 7.01. The first kappa shape index (κ1) is 16.3. The van der Waals surface area contributed by atoms with Crippen LogP contribution in [0.25, 0.3) is 15.5 Å². The van der Waals surface area contributed by atoms with Crippen molar-refractivity contribution in [1.82, 2.24) is 30.1 Å². The fraction of sp³-hybridized carbons (Fsp3) is 0.167. The van der Waals surface area contributed by atoms with Crippen LogP contribution in [0.5, 0.6) is 0 Å². The van der Waals surface area contributed by atoms with Gasteiger partial charge in [-0.15, -0.1) is 10.2 Å². The Labute approximate surface area is 153 Å². The molecule has 130 valence electrons. The Kier molecular flexibility index (Phi) is 4.40. The number of rotatable bonds is 5. The molecule has 0 spiro atoms. The molecule has 0 aliphatic carbocycles. The third-order valence-electron chi connectivity index (χ3n) is 3.95. The lowest BCUT2D eigenvalue weighted by Crippen LogP contribution is -2.22. The maximum atomic E-state index is 12.1. The van der Waals surface area contributed by atoms with Crippen molar-refractivity contribution in [2.24, 2.45) is 0 Å². The molecule has 0 fully saturated rings. The minimum atomic E-state index is -0.136. The van der Waals surface area contributed by atoms with Crippen LogP contribution >= 0.6 is 11.3 Å². The van der Waals surface area contributed by atoms with Gasteiger partial charge >= 0.3 is 0 Å². The number of aryl methyl sites for hydroxylation is 1. The first-order valence-corrected chi connectivity index (χ1v) is 9.05. The number of pyridine rings is 1. The van der Waals surface area contributed by atoms with E-state index < -0.39 is 0 Å². The van der Waals surface area contributed by atoms with Crippen LogP contribution in [0.3, 0.4) is 0 Å². The summed E-state index contributed by atoms with van der Waals surface area (Å²) < 4.78 is 1.79. The molecule has 4 rings (SSSR count). The van der Waals surface area contributed by atoms with Gasteiger partial charge in [-0.2, -0.15) is 9.61 Å². The molecule has 0 atom stereocenters. The van der Waals surface area contributed by atoms with E-state index in [0.29, 0.717) is 12.1 Å². The third-order valence-corrected chi connectivity index (χ3v) is 4.90. The van der Waals surface area contributed by atoms with Crippen molar-refractivity contribution in [3.8, 4) is 10.6 Å². The zero-order valence-electron chi connectivity index (χ0n) is 14.1. The van der Waals surface area contributed by atoms with Crippen LogP contribution in [-0.4, -0.2) is 30.7 Å². The molecule has 0 radical (unpaired) electrons. The monoisotopic (exact) mass is 364 g/mol. The number of carbonyl (C=O) groups is 1. The minimum Gasteiger partial charge on any atom is -0.348 e. The van der Waals surface area contributed by atoms with Crippen LogP contribution < -0.4 is 5.32 Å². The van der Waals surface area contributed by atoms with Crippen LogP contribution in [0, 0.1) is 0 Å². The molecule has 0 saturated heterocycles. The number of fused-ring (bicyclic) bond motifs is 1. The smallest absolute Gasteiger partial charge is 0.253 e. The number of amides is 1. The molecular weight excluding hydrogens is 348 g/mol. The largest absolute Gasteiger partial charge is 0.348 e. The summed E-state index contributed by atoms with van der Waals surface area (Å²) in [7, 11) is 0. The van der Waals surface area contributed by atoms with Gasteiger partial charge in [0, 0.05) is 30.9 Å². The Morgan fingerprint density at radius 3 is 2.77 bits per heavy atom. The fourth-order valence-electron chi connectivity index (χ4n) is 2.54. The highest BCUT2D eigenvalue weighted by molar-refractivity contribution is 7.19. The first-order chi connectivity index (χ1) is 12.7. The van der Waals surface area contributed by atoms with E-state index in [4.69, 9.17) is 0 Å². The normalized spacial score (nSPS) is 11.0. The SMILES string of the molecule is CCc1nnc2sc(-c3ccc(CNC(=O)c4cccnc4)cc3)nn12. The van der Waals surface area contributed by atoms with Gasteiger partial charge in [-0.3, -0.25) is 9.78 Å². The summed E-state index contributed by atoms with van der Waals surface area (Å²) >= 11 is 1.51. The van der Waals surface area contributed by atoms with Crippen molar-refractivity contribution in [3.05, 3.63) is 65.7 Å². The average Bonchev–Trinajstić information content (AvgIpc) is 3.28. The van der Waals surface area contributed by atoms with Crippen molar-refractivity contribution in [3.63, 3.8) is 0 Å². The summed E-state index contributed by atoms with van der Waals surface area (Å²) in [6.45, 7) is 2.49. The van der Waals surface area contributed by atoms with Crippen molar-refractivity contribution in [2.45, 2.75) is 19.9 Å². The summed E-state index contributed by atoms with van der Waals surface area (Å²) in [6.07, 6.45) is 3.99. The van der Waals surface area contributed by atoms with Gasteiger partial charge in [0.05, 0.1) is 5.56 Å². The number of nitrogens with one attached hydrogen (secondary N) is 1. The summed E-state index contributed by atoms with van der Waals surface area (Å²) in [5, 5.41) is 16.6. The summed E-state index contributed by atoms with van der Waals surface area (Å²) in [5.74, 6) is 0.722.